The summed E-state index contributed by atoms with van der Waals surface area (Å²) in [6.07, 6.45) is -2.71. The monoisotopic (exact) mass is 587 g/mol. The van der Waals surface area contributed by atoms with Crippen LogP contribution >= 0.6 is 0 Å². The van der Waals surface area contributed by atoms with Crippen molar-refractivity contribution in [1.29, 1.82) is 0 Å². The largest absolute Gasteiger partial charge is 0.497 e. The summed E-state index contributed by atoms with van der Waals surface area (Å²) in [7, 11) is 1.63. The number of aromatic carboxylic acids is 1. The Kier molecular flexibility index (Phi) is 8.47. The van der Waals surface area contributed by atoms with E-state index in [1.54, 1.807) is 25.3 Å². The van der Waals surface area contributed by atoms with Gasteiger partial charge in [0.2, 0.25) is 0 Å². The van der Waals surface area contributed by atoms with Crippen LogP contribution in [0.3, 0.4) is 0 Å². The standard InChI is InChI=1S/C33H28F3N3O4/c1-3-6-24-7-4-8-26(28-9-5-10-29(38-28)39-31(33(34,35)36)27(19-37-39)32(40)41)30(24)43-20-21-11-13-22(14-12-21)23-15-17-25(42-2)18-16-23/h4-5,7-19H,3,6,20H2,1-2H3,(H,40,41). The minimum Gasteiger partial charge on any atom is -0.497 e. The van der Waals surface area contributed by atoms with Crippen LogP contribution in [-0.2, 0) is 19.2 Å². The summed E-state index contributed by atoms with van der Waals surface area (Å²) in [4.78, 5) is 15.9. The molecule has 10 heteroatoms. The molecule has 1 N–H and O–H groups in total. The molecule has 3 aromatic carbocycles. The Hall–Kier alpha value is -5.12. The van der Waals surface area contributed by atoms with Gasteiger partial charge >= 0.3 is 12.1 Å². The molecular formula is C33H28F3N3O4. The highest BCUT2D eigenvalue weighted by atomic mass is 19.4. The molecule has 7 nitrogen and oxygen atoms in total. The van der Waals surface area contributed by atoms with E-state index in [9.17, 15) is 23.1 Å². The third kappa shape index (κ3) is 6.38. The summed E-state index contributed by atoms with van der Waals surface area (Å²) in [6.45, 7) is 2.30. The van der Waals surface area contributed by atoms with E-state index in [0.717, 1.165) is 40.8 Å². The van der Waals surface area contributed by atoms with Crippen molar-refractivity contribution in [2.24, 2.45) is 0 Å². The number of nitrogens with zero attached hydrogens (tertiary/aromatic N) is 3. The molecule has 43 heavy (non-hydrogen) atoms. The van der Waals surface area contributed by atoms with Gasteiger partial charge in [-0.3, -0.25) is 0 Å². The molecular weight excluding hydrogens is 559 g/mol. The number of carbonyl (C=O) groups is 1. The number of halogens is 3. The topological polar surface area (TPSA) is 86.5 Å². The molecule has 5 aromatic rings. The molecule has 0 saturated heterocycles. The Morgan fingerprint density at radius 2 is 1.60 bits per heavy atom. The maximum absolute atomic E-state index is 13.9. The van der Waals surface area contributed by atoms with Crippen molar-refractivity contribution in [2.45, 2.75) is 32.5 Å². The highest BCUT2D eigenvalue weighted by Gasteiger charge is 2.41. The first kappa shape index (κ1) is 29.4. The fraction of sp³-hybridized carbons (Fsp3) is 0.182. The van der Waals surface area contributed by atoms with Gasteiger partial charge in [0.05, 0.1) is 19.0 Å². The number of aryl methyl sites for hydroxylation is 1. The van der Waals surface area contributed by atoms with Crippen LogP contribution in [0, 0.1) is 0 Å². The van der Waals surface area contributed by atoms with E-state index in [1.807, 2.05) is 67.6 Å². The van der Waals surface area contributed by atoms with Crippen LogP contribution in [0.1, 0.15) is 40.5 Å². The summed E-state index contributed by atoms with van der Waals surface area (Å²) in [5.41, 5.74) is 2.57. The van der Waals surface area contributed by atoms with Gasteiger partial charge in [0.1, 0.15) is 23.7 Å². The van der Waals surface area contributed by atoms with Crippen LogP contribution in [0.25, 0.3) is 28.2 Å². The molecule has 0 aliphatic carbocycles. The van der Waals surface area contributed by atoms with Gasteiger partial charge in [-0.1, -0.05) is 67.9 Å². The Morgan fingerprint density at radius 3 is 2.23 bits per heavy atom. The Labute approximate surface area is 246 Å². The second-order valence-corrected chi connectivity index (χ2v) is 9.76. The first-order valence-corrected chi connectivity index (χ1v) is 13.5. The lowest BCUT2D eigenvalue weighted by molar-refractivity contribution is -0.143. The molecule has 0 aliphatic heterocycles. The Balaban J connectivity index is 1.46. The number of pyridine rings is 1. The maximum Gasteiger partial charge on any atom is 0.434 e. The van der Waals surface area contributed by atoms with Crippen LogP contribution in [-0.4, -0.2) is 33.0 Å². The van der Waals surface area contributed by atoms with E-state index in [2.05, 4.69) is 10.1 Å². The van der Waals surface area contributed by atoms with Crippen molar-refractivity contribution < 1.29 is 32.5 Å². The Bertz CT molecular complexity index is 1730. The molecule has 0 atom stereocenters. The van der Waals surface area contributed by atoms with E-state index < -0.39 is 23.4 Å². The molecule has 5 rings (SSSR count). The summed E-state index contributed by atoms with van der Waals surface area (Å²) in [6, 6.07) is 25.9. The highest BCUT2D eigenvalue weighted by Crippen LogP contribution is 2.36. The number of aromatic nitrogens is 3. The number of para-hydroxylation sites is 1. The summed E-state index contributed by atoms with van der Waals surface area (Å²) >= 11 is 0. The SMILES string of the molecule is CCCc1cccc(-c2cccc(-n3ncc(C(=O)O)c3C(F)(F)F)n2)c1OCc1ccc(-c2ccc(OC)cc2)cc1. The number of hydrogen-bond donors (Lipinski definition) is 1. The zero-order chi connectivity index (χ0) is 30.6. The van der Waals surface area contributed by atoms with E-state index in [1.165, 1.54) is 6.07 Å². The van der Waals surface area contributed by atoms with Crippen molar-refractivity contribution in [2.75, 3.05) is 7.11 Å². The van der Waals surface area contributed by atoms with Crippen molar-refractivity contribution >= 4 is 5.97 Å². The zero-order valence-corrected chi connectivity index (χ0v) is 23.4. The molecule has 0 amide bonds. The van der Waals surface area contributed by atoms with E-state index in [-0.39, 0.29) is 12.4 Å². The predicted molar refractivity (Wildman–Crippen MR) is 156 cm³/mol. The molecule has 0 spiro atoms. The third-order valence-corrected chi connectivity index (χ3v) is 6.87. The summed E-state index contributed by atoms with van der Waals surface area (Å²) < 4.78 is 53.7. The first-order valence-electron chi connectivity index (χ1n) is 13.5. The number of carboxylic acid groups (broad SMARTS) is 1. The number of carboxylic acids is 1. The number of hydrogen-bond acceptors (Lipinski definition) is 5. The van der Waals surface area contributed by atoms with E-state index in [4.69, 9.17) is 9.47 Å². The summed E-state index contributed by atoms with van der Waals surface area (Å²) in [5.74, 6) is -0.533. The zero-order valence-electron chi connectivity index (χ0n) is 23.4. The molecule has 2 aromatic heterocycles. The lowest BCUT2D eigenvalue weighted by Gasteiger charge is -2.17. The van der Waals surface area contributed by atoms with Crippen molar-refractivity contribution in [3.05, 3.63) is 114 Å². The first-order chi connectivity index (χ1) is 20.7. The molecule has 0 bridgehead atoms. The van der Waals surface area contributed by atoms with Crippen molar-refractivity contribution in [3.8, 4) is 39.7 Å². The second-order valence-electron chi connectivity index (χ2n) is 9.76. The third-order valence-electron chi connectivity index (χ3n) is 6.87. The molecule has 0 fully saturated rings. The molecule has 220 valence electrons. The van der Waals surface area contributed by atoms with Gasteiger partial charge in [-0.25, -0.2) is 14.5 Å². The van der Waals surface area contributed by atoms with Crippen LogP contribution in [0.5, 0.6) is 11.5 Å². The number of ether oxygens (including phenoxy) is 2. The lowest BCUT2D eigenvalue weighted by Crippen LogP contribution is -2.18. The number of rotatable bonds is 10. The van der Waals surface area contributed by atoms with Gasteiger partial charge in [0, 0.05) is 5.56 Å². The second kappa shape index (κ2) is 12.4. The van der Waals surface area contributed by atoms with Crippen molar-refractivity contribution in [1.82, 2.24) is 14.8 Å². The maximum atomic E-state index is 13.9. The van der Waals surface area contributed by atoms with Gasteiger partial charge in [0.25, 0.3) is 0 Å². The molecule has 0 aliphatic rings. The van der Waals surface area contributed by atoms with Crippen LogP contribution < -0.4 is 9.47 Å². The van der Waals surface area contributed by atoms with E-state index >= 15 is 0 Å². The average molecular weight is 588 g/mol. The van der Waals surface area contributed by atoms with E-state index in [0.29, 0.717) is 27.9 Å². The number of methoxy groups -OCH3 is 1. The predicted octanol–water partition coefficient (Wildman–Crippen LogP) is 7.86. The molecule has 2 heterocycles. The van der Waals surface area contributed by atoms with Gasteiger partial charge in [-0.05, 0) is 59.0 Å². The van der Waals surface area contributed by atoms with Crippen molar-refractivity contribution in [3.63, 3.8) is 0 Å². The van der Waals surface area contributed by atoms with Gasteiger partial charge < -0.3 is 14.6 Å². The number of benzene rings is 3. The number of alkyl halides is 3. The minimum atomic E-state index is -4.96. The normalized spacial score (nSPS) is 11.4. The quantitative estimate of drug-likeness (QED) is 0.179. The molecule has 0 radical (unpaired) electrons. The van der Waals surface area contributed by atoms with Gasteiger partial charge in [0.15, 0.2) is 11.5 Å². The smallest absolute Gasteiger partial charge is 0.434 e. The molecule has 0 saturated carbocycles. The van der Waals surface area contributed by atoms with Crippen LogP contribution in [0.15, 0.2) is 91.1 Å². The lowest BCUT2D eigenvalue weighted by atomic mass is 10.0. The van der Waals surface area contributed by atoms with Crippen LogP contribution in [0.2, 0.25) is 0 Å². The fourth-order valence-electron chi connectivity index (χ4n) is 4.80. The fourth-order valence-corrected chi connectivity index (χ4v) is 4.80. The highest BCUT2D eigenvalue weighted by molar-refractivity contribution is 5.89. The van der Waals surface area contributed by atoms with Gasteiger partial charge in [-0.15, -0.1) is 0 Å². The molecule has 0 unspecified atom stereocenters. The Morgan fingerprint density at radius 1 is 0.930 bits per heavy atom. The van der Waals surface area contributed by atoms with Crippen LogP contribution in [0.4, 0.5) is 13.2 Å². The average Bonchev–Trinajstić information content (AvgIpc) is 3.48. The van der Waals surface area contributed by atoms with Gasteiger partial charge in [-0.2, -0.15) is 18.3 Å². The summed E-state index contributed by atoms with van der Waals surface area (Å²) in [5, 5.41) is 13.0. The minimum absolute atomic E-state index is 0.168.